The molecule has 0 spiro atoms. The number of rotatable bonds is 6. The average molecular weight is 385 g/mol. The highest BCUT2D eigenvalue weighted by Gasteiger charge is 2.16. The van der Waals surface area contributed by atoms with Crippen LogP contribution in [-0.2, 0) is 0 Å². The fourth-order valence-corrected chi connectivity index (χ4v) is 2.50. The Bertz CT molecular complexity index is 755. The smallest absolute Gasteiger partial charge is 0.319 e. The van der Waals surface area contributed by atoms with Crippen LogP contribution < -0.4 is 20.1 Å². The molecule has 1 atom stereocenters. The molecular formula is C17H18Cl2N2O4. The Morgan fingerprint density at radius 3 is 2.60 bits per heavy atom. The molecule has 2 aromatic rings. The second-order valence-corrected chi connectivity index (χ2v) is 5.93. The quantitative estimate of drug-likeness (QED) is 0.706. The third-order valence-corrected chi connectivity index (χ3v) is 3.99. The number of aliphatic hydroxyl groups is 1. The number of nitrogens with one attached hydrogen (secondary N) is 2. The number of aliphatic hydroxyl groups excluding tert-OH is 1. The highest BCUT2D eigenvalue weighted by atomic mass is 35.5. The predicted molar refractivity (Wildman–Crippen MR) is 98.0 cm³/mol. The van der Waals surface area contributed by atoms with Crippen LogP contribution in [0.1, 0.15) is 11.7 Å². The van der Waals surface area contributed by atoms with Gasteiger partial charge < -0.3 is 25.2 Å². The molecular weight excluding hydrogens is 367 g/mol. The van der Waals surface area contributed by atoms with E-state index in [0.717, 1.165) is 0 Å². The summed E-state index contributed by atoms with van der Waals surface area (Å²) in [6.07, 6.45) is -0.981. The molecule has 3 N–H and O–H groups in total. The van der Waals surface area contributed by atoms with Crippen LogP contribution in [0, 0.1) is 0 Å². The minimum Gasteiger partial charge on any atom is -0.497 e. The molecule has 2 rings (SSSR count). The van der Waals surface area contributed by atoms with Gasteiger partial charge in [0, 0.05) is 17.1 Å². The summed E-state index contributed by atoms with van der Waals surface area (Å²) in [6, 6.07) is 9.26. The van der Waals surface area contributed by atoms with Crippen molar-refractivity contribution in [2.75, 3.05) is 26.1 Å². The van der Waals surface area contributed by atoms with E-state index >= 15 is 0 Å². The number of anilines is 1. The van der Waals surface area contributed by atoms with Crippen molar-refractivity contribution in [3.05, 3.63) is 52.0 Å². The monoisotopic (exact) mass is 384 g/mol. The van der Waals surface area contributed by atoms with E-state index < -0.39 is 12.1 Å². The van der Waals surface area contributed by atoms with Crippen molar-refractivity contribution in [2.45, 2.75) is 6.10 Å². The molecule has 25 heavy (non-hydrogen) atoms. The molecule has 0 heterocycles. The van der Waals surface area contributed by atoms with Crippen LogP contribution in [0.25, 0.3) is 0 Å². The van der Waals surface area contributed by atoms with E-state index in [2.05, 4.69) is 10.6 Å². The predicted octanol–water partition coefficient (Wildman–Crippen LogP) is 3.87. The van der Waals surface area contributed by atoms with Gasteiger partial charge in [-0.2, -0.15) is 0 Å². The number of carbonyl (C=O) groups is 1. The van der Waals surface area contributed by atoms with E-state index in [1.54, 1.807) is 30.3 Å². The number of methoxy groups -OCH3 is 2. The Hall–Kier alpha value is -2.15. The van der Waals surface area contributed by atoms with Gasteiger partial charge in [0.05, 0.1) is 24.9 Å². The molecule has 0 aliphatic rings. The fraction of sp³-hybridized carbons (Fsp3) is 0.235. The number of amides is 2. The minimum absolute atomic E-state index is 0.0342. The number of urea groups is 1. The standard InChI is InChI=1S/C17H18Cl2N2O4/c1-24-11-4-6-16(25-2)12(8-11)15(22)9-20-17(23)21-14-7-10(18)3-5-13(14)19/h3-8,15,22H,9H2,1-2H3,(H2,20,21,23). The number of hydrogen-bond donors (Lipinski definition) is 3. The van der Waals surface area contributed by atoms with Gasteiger partial charge >= 0.3 is 6.03 Å². The van der Waals surface area contributed by atoms with Crippen LogP contribution in [-0.4, -0.2) is 31.9 Å². The largest absolute Gasteiger partial charge is 0.497 e. The first-order chi connectivity index (χ1) is 11.9. The molecule has 134 valence electrons. The van der Waals surface area contributed by atoms with Gasteiger partial charge in [0.2, 0.25) is 0 Å². The Balaban J connectivity index is 2.00. The molecule has 0 aromatic heterocycles. The Labute approximate surface area is 155 Å². The Kier molecular flexibility index (Phi) is 6.75. The van der Waals surface area contributed by atoms with E-state index in [1.165, 1.54) is 20.3 Å². The minimum atomic E-state index is -0.981. The lowest BCUT2D eigenvalue weighted by atomic mass is 10.1. The van der Waals surface area contributed by atoms with Gasteiger partial charge in [-0.3, -0.25) is 0 Å². The van der Waals surface area contributed by atoms with Crippen molar-refractivity contribution in [1.82, 2.24) is 5.32 Å². The molecule has 0 saturated heterocycles. The molecule has 1 unspecified atom stereocenters. The number of hydrogen-bond acceptors (Lipinski definition) is 4. The molecule has 2 aromatic carbocycles. The van der Waals surface area contributed by atoms with Crippen molar-refractivity contribution in [2.24, 2.45) is 0 Å². The summed E-state index contributed by atoms with van der Waals surface area (Å²) in [5.41, 5.74) is 0.878. The molecule has 0 saturated carbocycles. The normalized spacial score (nSPS) is 11.6. The zero-order valence-corrected chi connectivity index (χ0v) is 15.2. The van der Waals surface area contributed by atoms with E-state index in [1.807, 2.05) is 0 Å². The van der Waals surface area contributed by atoms with Gasteiger partial charge in [0.25, 0.3) is 0 Å². The van der Waals surface area contributed by atoms with E-state index in [-0.39, 0.29) is 6.54 Å². The van der Waals surface area contributed by atoms with Crippen molar-refractivity contribution in [3.8, 4) is 11.5 Å². The number of halogens is 2. The molecule has 0 radical (unpaired) electrons. The van der Waals surface area contributed by atoms with E-state index in [9.17, 15) is 9.90 Å². The highest BCUT2D eigenvalue weighted by Crippen LogP contribution is 2.29. The lowest BCUT2D eigenvalue weighted by Gasteiger charge is -2.17. The molecule has 0 bridgehead atoms. The average Bonchev–Trinajstić information content (AvgIpc) is 2.62. The van der Waals surface area contributed by atoms with Crippen LogP contribution in [0.5, 0.6) is 11.5 Å². The second kappa shape index (κ2) is 8.80. The number of carbonyl (C=O) groups excluding carboxylic acids is 1. The first-order valence-electron chi connectivity index (χ1n) is 7.34. The summed E-state index contributed by atoms with van der Waals surface area (Å²) in [5, 5.41) is 16.3. The summed E-state index contributed by atoms with van der Waals surface area (Å²) in [5.74, 6) is 1.07. The maximum absolute atomic E-state index is 12.0. The second-order valence-electron chi connectivity index (χ2n) is 5.08. The molecule has 2 amide bonds. The topological polar surface area (TPSA) is 79.8 Å². The SMILES string of the molecule is COc1ccc(OC)c(C(O)CNC(=O)Nc2cc(Cl)ccc2Cl)c1. The molecule has 6 nitrogen and oxygen atoms in total. The highest BCUT2D eigenvalue weighted by molar-refractivity contribution is 6.35. The van der Waals surface area contributed by atoms with Crippen LogP contribution in [0.4, 0.5) is 10.5 Å². The summed E-state index contributed by atoms with van der Waals surface area (Å²) >= 11 is 11.9. The van der Waals surface area contributed by atoms with Gasteiger partial charge in [-0.25, -0.2) is 4.79 Å². The van der Waals surface area contributed by atoms with Gasteiger partial charge in [0.1, 0.15) is 17.6 Å². The molecule has 0 fully saturated rings. The van der Waals surface area contributed by atoms with Gasteiger partial charge in [0.15, 0.2) is 0 Å². The number of ether oxygens (including phenoxy) is 2. The maximum atomic E-state index is 12.0. The first kappa shape index (κ1) is 19.2. The lowest BCUT2D eigenvalue weighted by Crippen LogP contribution is -2.32. The summed E-state index contributed by atoms with van der Waals surface area (Å²) < 4.78 is 10.4. The number of benzene rings is 2. The van der Waals surface area contributed by atoms with Crippen LogP contribution >= 0.6 is 23.2 Å². The Morgan fingerprint density at radius 2 is 1.92 bits per heavy atom. The van der Waals surface area contributed by atoms with E-state index in [0.29, 0.717) is 32.8 Å². The Morgan fingerprint density at radius 1 is 1.16 bits per heavy atom. The third-order valence-electron chi connectivity index (χ3n) is 3.43. The van der Waals surface area contributed by atoms with Gasteiger partial charge in [-0.15, -0.1) is 0 Å². The molecule has 0 aliphatic carbocycles. The van der Waals surface area contributed by atoms with Crippen LogP contribution in [0.2, 0.25) is 10.0 Å². The summed E-state index contributed by atoms with van der Waals surface area (Å²) in [6.45, 7) is -0.0342. The first-order valence-corrected chi connectivity index (χ1v) is 8.10. The summed E-state index contributed by atoms with van der Waals surface area (Å²) in [4.78, 5) is 12.0. The lowest BCUT2D eigenvalue weighted by molar-refractivity contribution is 0.170. The van der Waals surface area contributed by atoms with Gasteiger partial charge in [-0.05, 0) is 36.4 Å². The van der Waals surface area contributed by atoms with Crippen molar-refractivity contribution < 1.29 is 19.4 Å². The maximum Gasteiger partial charge on any atom is 0.319 e. The van der Waals surface area contributed by atoms with Gasteiger partial charge in [-0.1, -0.05) is 23.2 Å². The van der Waals surface area contributed by atoms with Crippen molar-refractivity contribution in [1.29, 1.82) is 0 Å². The molecule has 0 aliphatic heterocycles. The zero-order chi connectivity index (χ0) is 18.4. The molecule has 8 heteroatoms. The van der Waals surface area contributed by atoms with Crippen molar-refractivity contribution in [3.63, 3.8) is 0 Å². The van der Waals surface area contributed by atoms with Crippen LogP contribution in [0.15, 0.2) is 36.4 Å². The fourth-order valence-electron chi connectivity index (χ4n) is 2.16. The van der Waals surface area contributed by atoms with Crippen LogP contribution in [0.3, 0.4) is 0 Å². The summed E-state index contributed by atoms with van der Waals surface area (Å²) in [7, 11) is 3.03. The van der Waals surface area contributed by atoms with E-state index in [4.69, 9.17) is 32.7 Å². The van der Waals surface area contributed by atoms with Crippen molar-refractivity contribution >= 4 is 34.9 Å². The zero-order valence-electron chi connectivity index (χ0n) is 13.7. The third kappa shape index (κ3) is 5.16.